The van der Waals surface area contributed by atoms with Gasteiger partial charge in [-0.2, -0.15) is 0 Å². The highest BCUT2D eigenvalue weighted by Crippen LogP contribution is 2.20. The molecule has 0 saturated heterocycles. The highest BCUT2D eigenvalue weighted by molar-refractivity contribution is 7.99. The molecule has 0 aliphatic rings. The molecule has 0 saturated carbocycles. The molecule has 1 unspecified atom stereocenters. The first kappa shape index (κ1) is 10.4. The van der Waals surface area contributed by atoms with E-state index in [9.17, 15) is 0 Å². The topological polar surface area (TPSA) is 38.9 Å². The van der Waals surface area contributed by atoms with Crippen molar-refractivity contribution in [3.8, 4) is 0 Å². The second-order valence-electron chi connectivity index (χ2n) is 3.25. The van der Waals surface area contributed by atoms with Crippen LogP contribution in [0.25, 0.3) is 0 Å². The fraction of sp³-hybridized carbons (Fsp3) is 0.500. The van der Waals surface area contributed by atoms with Crippen molar-refractivity contribution in [1.29, 1.82) is 0 Å². The molecule has 72 valence electrons. The normalized spacial score (nSPS) is 12.8. The average molecular weight is 196 g/mol. The van der Waals surface area contributed by atoms with Crippen molar-refractivity contribution in [3.63, 3.8) is 0 Å². The molecule has 0 amide bonds. The highest BCUT2D eigenvalue weighted by Gasteiger charge is 2.00. The van der Waals surface area contributed by atoms with Crippen LogP contribution in [0.15, 0.2) is 23.4 Å². The van der Waals surface area contributed by atoms with E-state index >= 15 is 0 Å². The van der Waals surface area contributed by atoms with Crippen molar-refractivity contribution in [2.45, 2.75) is 25.3 Å². The molecule has 2 N–H and O–H groups in total. The van der Waals surface area contributed by atoms with Crippen LogP contribution in [0.5, 0.6) is 0 Å². The first-order valence-corrected chi connectivity index (χ1v) is 5.55. The molecule has 0 aromatic carbocycles. The van der Waals surface area contributed by atoms with Gasteiger partial charge < -0.3 is 5.73 Å². The van der Waals surface area contributed by atoms with Crippen LogP contribution in [0.3, 0.4) is 0 Å². The van der Waals surface area contributed by atoms with Crippen molar-refractivity contribution in [2.24, 2.45) is 5.92 Å². The Morgan fingerprint density at radius 2 is 2.31 bits per heavy atom. The Morgan fingerprint density at radius 1 is 1.54 bits per heavy atom. The zero-order valence-electron chi connectivity index (χ0n) is 8.16. The Bertz CT molecular complexity index is 246. The summed E-state index contributed by atoms with van der Waals surface area (Å²) >= 11 is 1.80. The summed E-state index contributed by atoms with van der Waals surface area (Å²) in [7, 11) is 0. The van der Waals surface area contributed by atoms with Gasteiger partial charge in [-0.05, 0) is 18.1 Å². The Morgan fingerprint density at radius 3 is 2.85 bits per heavy atom. The van der Waals surface area contributed by atoms with Gasteiger partial charge in [0.15, 0.2) is 0 Å². The number of anilines is 1. The number of hydrogen-bond donors (Lipinski definition) is 1. The molecule has 0 fully saturated rings. The number of rotatable bonds is 4. The van der Waals surface area contributed by atoms with E-state index in [0.29, 0.717) is 0 Å². The van der Waals surface area contributed by atoms with Gasteiger partial charge in [0.05, 0.1) is 16.9 Å². The van der Waals surface area contributed by atoms with Crippen LogP contribution in [0.4, 0.5) is 5.69 Å². The van der Waals surface area contributed by atoms with E-state index in [2.05, 4.69) is 18.8 Å². The van der Waals surface area contributed by atoms with Gasteiger partial charge in [0, 0.05) is 5.75 Å². The summed E-state index contributed by atoms with van der Waals surface area (Å²) in [5.74, 6) is 1.89. The highest BCUT2D eigenvalue weighted by atomic mass is 32.2. The van der Waals surface area contributed by atoms with Crippen LogP contribution >= 0.6 is 11.8 Å². The molecule has 1 aromatic heterocycles. The van der Waals surface area contributed by atoms with Crippen LogP contribution in [0.1, 0.15) is 20.3 Å². The minimum atomic E-state index is 0.730. The zero-order valence-corrected chi connectivity index (χ0v) is 8.97. The van der Waals surface area contributed by atoms with Crippen LogP contribution in [0.2, 0.25) is 0 Å². The Balaban J connectivity index is 2.41. The molecule has 13 heavy (non-hydrogen) atoms. The number of nitrogens with zero attached hydrogens (tertiary/aromatic N) is 1. The van der Waals surface area contributed by atoms with Crippen LogP contribution < -0.4 is 5.73 Å². The Hall–Kier alpha value is -0.700. The van der Waals surface area contributed by atoms with E-state index in [1.807, 2.05) is 12.1 Å². The first-order valence-electron chi connectivity index (χ1n) is 4.56. The molecule has 0 aliphatic heterocycles. The fourth-order valence-electron chi connectivity index (χ4n) is 0.823. The molecular weight excluding hydrogens is 180 g/mol. The zero-order chi connectivity index (χ0) is 9.68. The average Bonchev–Trinajstić information content (AvgIpc) is 2.16. The van der Waals surface area contributed by atoms with E-state index in [1.54, 1.807) is 18.0 Å². The van der Waals surface area contributed by atoms with E-state index in [0.717, 1.165) is 22.4 Å². The maximum atomic E-state index is 5.54. The quantitative estimate of drug-likeness (QED) is 0.753. The molecule has 0 spiro atoms. The molecule has 1 rings (SSSR count). The van der Waals surface area contributed by atoms with E-state index in [1.165, 1.54) is 6.42 Å². The summed E-state index contributed by atoms with van der Waals surface area (Å²) in [4.78, 5) is 4.22. The lowest BCUT2D eigenvalue weighted by molar-refractivity contribution is 0.636. The maximum Gasteiger partial charge on any atom is 0.0961 e. The van der Waals surface area contributed by atoms with Gasteiger partial charge in [0.2, 0.25) is 0 Å². The molecule has 3 heteroatoms. The Kier molecular flexibility index (Phi) is 4.09. The molecule has 0 radical (unpaired) electrons. The molecule has 1 atom stereocenters. The largest absolute Gasteiger partial charge is 0.397 e. The van der Waals surface area contributed by atoms with Gasteiger partial charge in [-0.15, -0.1) is 11.8 Å². The SMILES string of the molecule is CCC(C)CSc1ccc(N)cn1. The summed E-state index contributed by atoms with van der Waals surface area (Å²) in [6.45, 7) is 4.46. The number of pyridine rings is 1. The second kappa shape index (κ2) is 5.12. The van der Waals surface area contributed by atoms with Crippen LogP contribution in [-0.2, 0) is 0 Å². The van der Waals surface area contributed by atoms with Crippen molar-refractivity contribution < 1.29 is 0 Å². The van der Waals surface area contributed by atoms with Gasteiger partial charge in [-0.1, -0.05) is 20.3 Å². The number of nitrogens with two attached hydrogens (primary N) is 1. The van der Waals surface area contributed by atoms with Crippen LogP contribution in [0, 0.1) is 5.92 Å². The lowest BCUT2D eigenvalue weighted by Crippen LogP contribution is -1.96. The third kappa shape index (κ3) is 3.68. The lowest BCUT2D eigenvalue weighted by Gasteiger charge is -2.06. The number of hydrogen-bond acceptors (Lipinski definition) is 3. The first-order chi connectivity index (χ1) is 6.22. The van der Waals surface area contributed by atoms with Crippen molar-refractivity contribution >= 4 is 17.4 Å². The van der Waals surface area contributed by atoms with Gasteiger partial charge in [-0.3, -0.25) is 0 Å². The number of aromatic nitrogens is 1. The van der Waals surface area contributed by atoms with E-state index < -0.39 is 0 Å². The summed E-state index contributed by atoms with van der Waals surface area (Å²) in [6.07, 6.45) is 2.93. The summed E-state index contributed by atoms with van der Waals surface area (Å²) in [5, 5.41) is 1.06. The number of thioether (sulfide) groups is 1. The second-order valence-corrected chi connectivity index (χ2v) is 4.29. The van der Waals surface area contributed by atoms with E-state index in [-0.39, 0.29) is 0 Å². The summed E-state index contributed by atoms with van der Waals surface area (Å²) < 4.78 is 0. The van der Waals surface area contributed by atoms with Gasteiger partial charge in [-0.25, -0.2) is 4.98 Å². The minimum absolute atomic E-state index is 0.730. The van der Waals surface area contributed by atoms with Gasteiger partial charge in [0.25, 0.3) is 0 Å². The monoisotopic (exact) mass is 196 g/mol. The number of nitrogen functional groups attached to an aromatic ring is 1. The molecular formula is C10H16N2S. The smallest absolute Gasteiger partial charge is 0.0961 e. The fourth-order valence-corrected chi connectivity index (χ4v) is 1.81. The van der Waals surface area contributed by atoms with Crippen molar-refractivity contribution in [2.75, 3.05) is 11.5 Å². The van der Waals surface area contributed by atoms with Gasteiger partial charge >= 0.3 is 0 Å². The van der Waals surface area contributed by atoms with Crippen molar-refractivity contribution in [1.82, 2.24) is 4.98 Å². The molecule has 1 heterocycles. The van der Waals surface area contributed by atoms with E-state index in [4.69, 9.17) is 5.73 Å². The molecule has 1 aromatic rings. The third-order valence-electron chi connectivity index (χ3n) is 1.97. The summed E-state index contributed by atoms with van der Waals surface area (Å²) in [6, 6.07) is 3.87. The lowest BCUT2D eigenvalue weighted by atomic mass is 10.2. The predicted molar refractivity (Wildman–Crippen MR) is 58.8 cm³/mol. The standard InChI is InChI=1S/C10H16N2S/c1-3-8(2)7-13-10-5-4-9(11)6-12-10/h4-6,8H,3,7,11H2,1-2H3. The molecule has 0 bridgehead atoms. The third-order valence-corrected chi connectivity index (χ3v) is 3.24. The van der Waals surface area contributed by atoms with Crippen molar-refractivity contribution in [3.05, 3.63) is 18.3 Å². The minimum Gasteiger partial charge on any atom is -0.397 e. The van der Waals surface area contributed by atoms with Gasteiger partial charge in [0.1, 0.15) is 0 Å². The Labute approximate surface area is 83.9 Å². The predicted octanol–water partition coefficient (Wildman–Crippen LogP) is 2.80. The molecule has 2 nitrogen and oxygen atoms in total. The molecule has 0 aliphatic carbocycles. The van der Waals surface area contributed by atoms with Crippen LogP contribution in [-0.4, -0.2) is 10.7 Å². The maximum absolute atomic E-state index is 5.54. The summed E-state index contributed by atoms with van der Waals surface area (Å²) in [5.41, 5.74) is 6.27.